The Labute approximate surface area is 188 Å². The number of carbonyl (C=O) groups is 1. The van der Waals surface area contributed by atoms with E-state index in [0.717, 1.165) is 23.7 Å². The zero-order chi connectivity index (χ0) is 23.5. The summed E-state index contributed by atoms with van der Waals surface area (Å²) in [6.07, 6.45) is 3.16. The molecule has 3 rings (SSSR count). The van der Waals surface area contributed by atoms with Gasteiger partial charge in [0.1, 0.15) is 5.75 Å². The number of aromatic nitrogens is 1. The molecule has 0 aliphatic heterocycles. The van der Waals surface area contributed by atoms with Crippen molar-refractivity contribution in [3.63, 3.8) is 0 Å². The number of amides is 1. The van der Waals surface area contributed by atoms with Crippen LogP contribution >= 0.6 is 0 Å². The fourth-order valence-corrected chi connectivity index (χ4v) is 4.48. The first-order chi connectivity index (χ1) is 15.0. The van der Waals surface area contributed by atoms with Gasteiger partial charge in [-0.25, -0.2) is 8.78 Å². The molecule has 0 spiro atoms. The van der Waals surface area contributed by atoms with E-state index in [1.807, 2.05) is 44.1 Å². The van der Waals surface area contributed by atoms with Crippen LogP contribution in [0.3, 0.4) is 0 Å². The summed E-state index contributed by atoms with van der Waals surface area (Å²) in [5.74, 6) is -3.43. The lowest BCUT2D eigenvalue weighted by atomic mass is 9.77. The standard InChI is InChI=1S/C25H33F2N3O2/c1-17-13-19(9-12-28-17)22(25(10-11-25)24(2,26)27)15-23(32)29-16-20(30(3)4)14-18-5-7-21(31)8-6-18/h5-9,12-13,20,22,31H,10-11,14-16H2,1-4H3,(H,29,32)/t20-,22+/m0/s1. The summed E-state index contributed by atoms with van der Waals surface area (Å²) in [5.41, 5.74) is 1.37. The van der Waals surface area contributed by atoms with E-state index < -0.39 is 17.3 Å². The van der Waals surface area contributed by atoms with Gasteiger partial charge in [0.2, 0.25) is 5.91 Å². The number of aromatic hydroxyl groups is 1. The summed E-state index contributed by atoms with van der Waals surface area (Å²) in [6.45, 7) is 3.21. The molecule has 174 valence electrons. The molecular weight excluding hydrogens is 412 g/mol. The number of carbonyl (C=O) groups excluding carboxylic acids is 1. The van der Waals surface area contributed by atoms with Crippen LogP contribution < -0.4 is 5.32 Å². The number of aryl methyl sites for hydroxylation is 1. The lowest BCUT2D eigenvalue weighted by molar-refractivity contribution is -0.123. The lowest BCUT2D eigenvalue weighted by Gasteiger charge is -2.32. The van der Waals surface area contributed by atoms with Gasteiger partial charge < -0.3 is 15.3 Å². The van der Waals surface area contributed by atoms with Crippen LogP contribution in [0.25, 0.3) is 0 Å². The van der Waals surface area contributed by atoms with Gasteiger partial charge in [0.25, 0.3) is 5.92 Å². The second kappa shape index (κ2) is 9.53. The van der Waals surface area contributed by atoms with Crippen molar-refractivity contribution < 1.29 is 18.7 Å². The number of likely N-dealkylation sites (N-methyl/N-ethyl adjacent to an activating group) is 1. The molecule has 1 aliphatic rings. The third kappa shape index (κ3) is 5.63. The van der Waals surface area contributed by atoms with Crippen molar-refractivity contribution >= 4 is 5.91 Å². The quantitative estimate of drug-likeness (QED) is 0.573. The molecule has 1 aromatic carbocycles. The summed E-state index contributed by atoms with van der Waals surface area (Å²) in [5, 5.41) is 12.4. The normalized spacial score (nSPS) is 17.1. The number of phenolic OH excluding ortho intramolecular Hbond substituents is 1. The Morgan fingerprint density at radius 3 is 2.44 bits per heavy atom. The minimum atomic E-state index is -2.86. The Hall–Kier alpha value is -2.54. The average Bonchev–Trinajstić information content (AvgIpc) is 3.52. The highest BCUT2D eigenvalue weighted by Gasteiger charge is 2.63. The Balaban J connectivity index is 1.70. The molecule has 1 aromatic heterocycles. The zero-order valence-electron chi connectivity index (χ0n) is 19.2. The van der Waals surface area contributed by atoms with E-state index in [0.29, 0.717) is 25.8 Å². The van der Waals surface area contributed by atoms with Gasteiger partial charge in [-0.2, -0.15) is 0 Å². The van der Waals surface area contributed by atoms with Crippen LogP contribution in [-0.4, -0.2) is 53.5 Å². The highest BCUT2D eigenvalue weighted by Crippen LogP contribution is 2.65. The number of alkyl halides is 2. The lowest BCUT2D eigenvalue weighted by Crippen LogP contribution is -2.43. The van der Waals surface area contributed by atoms with E-state index in [4.69, 9.17) is 0 Å². The molecule has 2 aromatic rings. The van der Waals surface area contributed by atoms with Crippen LogP contribution in [0.15, 0.2) is 42.6 Å². The number of nitrogens with one attached hydrogen (secondary N) is 1. The molecule has 2 atom stereocenters. The van der Waals surface area contributed by atoms with E-state index in [9.17, 15) is 18.7 Å². The smallest absolute Gasteiger partial charge is 0.251 e. The number of benzene rings is 1. The van der Waals surface area contributed by atoms with Crippen molar-refractivity contribution in [3.05, 3.63) is 59.4 Å². The number of nitrogens with zero attached hydrogens (tertiary/aromatic N) is 2. The number of phenols is 1. The van der Waals surface area contributed by atoms with Gasteiger partial charge in [0.05, 0.1) is 0 Å². The molecule has 32 heavy (non-hydrogen) atoms. The van der Waals surface area contributed by atoms with Gasteiger partial charge in [-0.05, 0) is 82.6 Å². The number of hydrogen-bond acceptors (Lipinski definition) is 4. The molecule has 1 amide bonds. The van der Waals surface area contributed by atoms with Gasteiger partial charge in [0.15, 0.2) is 0 Å². The molecule has 1 saturated carbocycles. The van der Waals surface area contributed by atoms with E-state index in [2.05, 4.69) is 10.3 Å². The minimum Gasteiger partial charge on any atom is -0.508 e. The number of rotatable bonds is 10. The van der Waals surface area contributed by atoms with Gasteiger partial charge in [0, 0.05) is 42.2 Å². The Morgan fingerprint density at radius 2 is 1.91 bits per heavy atom. The molecule has 0 unspecified atom stereocenters. The molecule has 1 aliphatic carbocycles. The fourth-order valence-electron chi connectivity index (χ4n) is 4.48. The average molecular weight is 446 g/mol. The topological polar surface area (TPSA) is 65.5 Å². The minimum absolute atomic E-state index is 0.0201. The molecule has 0 radical (unpaired) electrons. The van der Waals surface area contributed by atoms with Crippen molar-refractivity contribution in [1.29, 1.82) is 0 Å². The van der Waals surface area contributed by atoms with Gasteiger partial charge in [-0.3, -0.25) is 9.78 Å². The maximum atomic E-state index is 14.6. The first kappa shape index (κ1) is 24.1. The van der Waals surface area contributed by atoms with Crippen molar-refractivity contribution in [2.75, 3.05) is 20.6 Å². The van der Waals surface area contributed by atoms with Crippen LogP contribution in [0, 0.1) is 12.3 Å². The number of halogens is 2. The Bertz CT molecular complexity index is 922. The predicted molar refractivity (Wildman–Crippen MR) is 121 cm³/mol. The van der Waals surface area contributed by atoms with Crippen LogP contribution in [0.5, 0.6) is 5.75 Å². The second-order valence-corrected chi connectivity index (χ2v) is 9.32. The summed E-state index contributed by atoms with van der Waals surface area (Å²) >= 11 is 0. The summed E-state index contributed by atoms with van der Waals surface area (Å²) < 4.78 is 29.1. The van der Waals surface area contributed by atoms with Crippen molar-refractivity contribution in [1.82, 2.24) is 15.2 Å². The highest BCUT2D eigenvalue weighted by atomic mass is 19.3. The van der Waals surface area contributed by atoms with E-state index >= 15 is 0 Å². The van der Waals surface area contributed by atoms with Crippen molar-refractivity contribution in [2.24, 2.45) is 5.41 Å². The van der Waals surface area contributed by atoms with E-state index in [1.54, 1.807) is 24.4 Å². The number of pyridine rings is 1. The highest BCUT2D eigenvalue weighted by molar-refractivity contribution is 5.77. The molecule has 2 N–H and O–H groups in total. The van der Waals surface area contributed by atoms with Gasteiger partial charge >= 0.3 is 0 Å². The zero-order valence-corrected chi connectivity index (χ0v) is 19.2. The maximum Gasteiger partial charge on any atom is 0.251 e. The molecule has 5 nitrogen and oxygen atoms in total. The Kier molecular flexibility index (Phi) is 7.18. The second-order valence-electron chi connectivity index (χ2n) is 9.32. The number of hydrogen-bond donors (Lipinski definition) is 2. The first-order valence-corrected chi connectivity index (χ1v) is 11.0. The van der Waals surface area contributed by atoms with Crippen LogP contribution in [0.1, 0.15) is 48.9 Å². The van der Waals surface area contributed by atoms with Crippen LogP contribution in [0.2, 0.25) is 0 Å². The molecular formula is C25H33F2N3O2. The predicted octanol–water partition coefficient (Wildman–Crippen LogP) is 4.29. The molecule has 1 heterocycles. The van der Waals surface area contributed by atoms with Crippen LogP contribution in [-0.2, 0) is 11.2 Å². The molecule has 0 bridgehead atoms. The van der Waals surface area contributed by atoms with E-state index in [1.165, 1.54) is 0 Å². The van der Waals surface area contributed by atoms with Crippen molar-refractivity contribution in [3.8, 4) is 5.75 Å². The summed E-state index contributed by atoms with van der Waals surface area (Å²) in [7, 11) is 3.88. The van der Waals surface area contributed by atoms with Gasteiger partial charge in [-0.1, -0.05) is 12.1 Å². The molecule has 0 saturated heterocycles. The largest absolute Gasteiger partial charge is 0.508 e. The molecule has 7 heteroatoms. The molecule has 1 fully saturated rings. The monoisotopic (exact) mass is 445 g/mol. The fraction of sp³-hybridized carbons (Fsp3) is 0.520. The Morgan fingerprint density at radius 1 is 1.25 bits per heavy atom. The van der Waals surface area contributed by atoms with Gasteiger partial charge in [-0.15, -0.1) is 0 Å². The summed E-state index contributed by atoms with van der Waals surface area (Å²) in [6, 6.07) is 10.6. The van der Waals surface area contributed by atoms with E-state index in [-0.39, 0.29) is 24.1 Å². The van der Waals surface area contributed by atoms with Crippen molar-refractivity contribution in [2.45, 2.75) is 57.4 Å². The third-order valence-electron chi connectivity index (χ3n) is 6.72. The third-order valence-corrected chi connectivity index (χ3v) is 6.72. The maximum absolute atomic E-state index is 14.6. The SMILES string of the molecule is Cc1cc([C@@H](CC(=O)NC[C@H](Cc2ccc(O)cc2)N(C)C)C2(C(C)(F)F)CC2)ccn1. The summed E-state index contributed by atoms with van der Waals surface area (Å²) in [4.78, 5) is 19.1. The first-order valence-electron chi connectivity index (χ1n) is 11.0. The van der Waals surface area contributed by atoms with Crippen LogP contribution in [0.4, 0.5) is 8.78 Å².